The minimum atomic E-state index is 0.759. The fraction of sp³-hybridized carbons (Fsp3) is 0.250. The van der Waals surface area contributed by atoms with Crippen LogP contribution in [0.25, 0.3) is 0 Å². The monoisotopic (exact) mass is 194 g/mol. The van der Waals surface area contributed by atoms with Crippen molar-refractivity contribution >= 4 is 17.0 Å². The van der Waals surface area contributed by atoms with Crippen LogP contribution in [0.4, 0.5) is 5.69 Å². The van der Waals surface area contributed by atoms with E-state index in [4.69, 9.17) is 0 Å². The molecule has 0 aliphatic heterocycles. The summed E-state index contributed by atoms with van der Waals surface area (Å²) in [6, 6.07) is 0. The van der Waals surface area contributed by atoms with Crippen LogP contribution in [-0.2, 0) is 13.6 Å². The molecule has 0 radical (unpaired) electrons. The first-order valence-corrected chi connectivity index (χ1v) is 4.88. The van der Waals surface area contributed by atoms with E-state index < -0.39 is 0 Å². The molecule has 2 aromatic rings. The topological polar surface area (TPSA) is 42.7 Å². The van der Waals surface area contributed by atoms with E-state index in [0.717, 1.165) is 17.9 Å². The molecule has 0 unspecified atom stereocenters. The Bertz CT molecular complexity index is 365. The number of rotatable bonds is 3. The first kappa shape index (κ1) is 8.25. The molecule has 0 amide bonds. The maximum Gasteiger partial charge on any atom is 0.0795 e. The highest BCUT2D eigenvalue weighted by atomic mass is 32.1. The predicted octanol–water partition coefficient (Wildman–Crippen LogP) is 1.49. The van der Waals surface area contributed by atoms with Crippen molar-refractivity contribution in [3.8, 4) is 0 Å². The summed E-state index contributed by atoms with van der Waals surface area (Å²) in [6.07, 6.45) is 3.73. The van der Waals surface area contributed by atoms with Crippen molar-refractivity contribution in [1.82, 2.24) is 14.8 Å². The Labute approximate surface area is 80.2 Å². The van der Waals surface area contributed by atoms with Crippen LogP contribution in [0.2, 0.25) is 0 Å². The second-order valence-corrected chi connectivity index (χ2v) is 3.45. The van der Waals surface area contributed by atoms with Gasteiger partial charge in [-0.05, 0) is 0 Å². The lowest BCUT2D eigenvalue weighted by Crippen LogP contribution is -1.98. The first-order chi connectivity index (χ1) is 6.34. The number of thiazole rings is 1. The summed E-state index contributed by atoms with van der Waals surface area (Å²) in [5.41, 5.74) is 3.92. The predicted molar refractivity (Wildman–Crippen MR) is 52.6 cm³/mol. The van der Waals surface area contributed by atoms with Gasteiger partial charge in [0, 0.05) is 18.6 Å². The lowest BCUT2D eigenvalue weighted by Gasteiger charge is -1.98. The Hall–Kier alpha value is -1.36. The van der Waals surface area contributed by atoms with E-state index in [1.165, 1.54) is 0 Å². The van der Waals surface area contributed by atoms with Crippen molar-refractivity contribution in [2.75, 3.05) is 5.32 Å². The van der Waals surface area contributed by atoms with Crippen molar-refractivity contribution in [2.45, 2.75) is 6.54 Å². The van der Waals surface area contributed by atoms with Crippen LogP contribution in [-0.4, -0.2) is 14.8 Å². The summed E-state index contributed by atoms with van der Waals surface area (Å²) >= 11 is 1.61. The van der Waals surface area contributed by atoms with Gasteiger partial charge in [0.05, 0.1) is 29.6 Å². The largest absolute Gasteiger partial charge is 0.377 e. The fourth-order valence-electron chi connectivity index (χ4n) is 1.03. The normalized spacial score (nSPS) is 10.2. The van der Waals surface area contributed by atoms with Crippen LogP contribution in [0, 0.1) is 0 Å². The molecule has 5 heteroatoms. The van der Waals surface area contributed by atoms with Gasteiger partial charge in [-0.15, -0.1) is 11.3 Å². The maximum absolute atomic E-state index is 4.17. The molecule has 68 valence electrons. The molecule has 0 fully saturated rings. The minimum absolute atomic E-state index is 0.759. The van der Waals surface area contributed by atoms with Gasteiger partial charge in [0.25, 0.3) is 0 Å². The summed E-state index contributed by atoms with van der Waals surface area (Å²) in [5.74, 6) is 0. The highest BCUT2D eigenvalue weighted by molar-refractivity contribution is 7.07. The highest BCUT2D eigenvalue weighted by Gasteiger charge is 1.96. The van der Waals surface area contributed by atoms with Crippen molar-refractivity contribution in [1.29, 1.82) is 0 Å². The van der Waals surface area contributed by atoms with Crippen LogP contribution >= 0.6 is 11.3 Å². The third-order valence-electron chi connectivity index (χ3n) is 1.66. The van der Waals surface area contributed by atoms with E-state index in [0.29, 0.717) is 0 Å². The van der Waals surface area contributed by atoms with Crippen LogP contribution < -0.4 is 5.32 Å². The summed E-state index contributed by atoms with van der Waals surface area (Å²) in [4.78, 5) is 4.17. The highest BCUT2D eigenvalue weighted by Crippen LogP contribution is 2.07. The van der Waals surface area contributed by atoms with Crippen LogP contribution in [0.5, 0.6) is 0 Å². The van der Waals surface area contributed by atoms with Crippen molar-refractivity contribution in [3.05, 3.63) is 29.0 Å². The molecule has 0 aliphatic rings. The Morgan fingerprint density at radius 1 is 1.62 bits per heavy atom. The Balaban J connectivity index is 1.93. The van der Waals surface area contributed by atoms with Crippen LogP contribution in [0.15, 0.2) is 23.3 Å². The van der Waals surface area contributed by atoms with E-state index in [1.54, 1.807) is 22.2 Å². The van der Waals surface area contributed by atoms with Crippen molar-refractivity contribution in [3.63, 3.8) is 0 Å². The van der Waals surface area contributed by atoms with E-state index in [-0.39, 0.29) is 0 Å². The lowest BCUT2D eigenvalue weighted by molar-refractivity contribution is 0.768. The average Bonchev–Trinajstić information content (AvgIpc) is 2.71. The number of nitrogens with zero attached hydrogens (tertiary/aromatic N) is 3. The minimum Gasteiger partial charge on any atom is -0.377 e. The van der Waals surface area contributed by atoms with Gasteiger partial charge in [-0.1, -0.05) is 0 Å². The van der Waals surface area contributed by atoms with E-state index in [2.05, 4.69) is 15.4 Å². The number of aromatic nitrogens is 3. The summed E-state index contributed by atoms with van der Waals surface area (Å²) < 4.78 is 1.77. The van der Waals surface area contributed by atoms with Gasteiger partial charge < -0.3 is 5.32 Å². The average molecular weight is 194 g/mol. The third kappa shape index (κ3) is 2.06. The third-order valence-corrected chi connectivity index (χ3v) is 2.30. The Morgan fingerprint density at radius 2 is 2.54 bits per heavy atom. The van der Waals surface area contributed by atoms with Crippen LogP contribution in [0.3, 0.4) is 0 Å². The Kier molecular flexibility index (Phi) is 2.27. The molecule has 2 rings (SSSR count). The van der Waals surface area contributed by atoms with E-state index >= 15 is 0 Å². The van der Waals surface area contributed by atoms with Gasteiger partial charge in [0.1, 0.15) is 0 Å². The number of hydrogen-bond acceptors (Lipinski definition) is 4. The van der Waals surface area contributed by atoms with E-state index in [1.807, 2.05) is 24.1 Å². The molecule has 1 N–H and O–H groups in total. The molecular formula is C8H10N4S. The number of nitrogens with one attached hydrogen (secondary N) is 1. The second kappa shape index (κ2) is 3.57. The Morgan fingerprint density at radius 3 is 3.15 bits per heavy atom. The van der Waals surface area contributed by atoms with Gasteiger partial charge in [0.2, 0.25) is 0 Å². The SMILES string of the molecule is Cn1cc(NCc2cscn2)cn1. The molecule has 2 aromatic heterocycles. The van der Waals surface area contributed by atoms with E-state index in [9.17, 15) is 0 Å². The number of hydrogen-bond donors (Lipinski definition) is 1. The zero-order valence-corrected chi connectivity index (χ0v) is 8.08. The molecule has 13 heavy (non-hydrogen) atoms. The molecule has 0 saturated heterocycles. The number of aryl methyl sites for hydroxylation is 1. The standard InChI is InChI=1S/C8H10N4S/c1-12-4-7(3-11-12)9-2-8-5-13-6-10-8/h3-6,9H,2H2,1H3. The lowest BCUT2D eigenvalue weighted by atomic mass is 10.4. The molecule has 0 atom stereocenters. The van der Waals surface area contributed by atoms with Gasteiger partial charge in [-0.3, -0.25) is 4.68 Å². The van der Waals surface area contributed by atoms with Gasteiger partial charge in [-0.25, -0.2) is 4.98 Å². The quantitative estimate of drug-likeness (QED) is 0.805. The smallest absolute Gasteiger partial charge is 0.0795 e. The summed E-state index contributed by atoms with van der Waals surface area (Å²) in [7, 11) is 1.90. The van der Waals surface area contributed by atoms with Gasteiger partial charge >= 0.3 is 0 Å². The summed E-state index contributed by atoms with van der Waals surface area (Å²) in [5, 5.41) is 9.31. The molecule has 0 saturated carbocycles. The molecule has 0 aliphatic carbocycles. The van der Waals surface area contributed by atoms with Crippen molar-refractivity contribution in [2.24, 2.45) is 7.05 Å². The zero-order valence-electron chi connectivity index (χ0n) is 7.27. The van der Waals surface area contributed by atoms with Gasteiger partial charge in [0.15, 0.2) is 0 Å². The van der Waals surface area contributed by atoms with Crippen molar-refractivity contribution < 1.29 is 0 Å². The van der Waals surface area contributed by atoms with Gasteiger partial charge in [-0.2, -0.15) is 5.10 Å². The molecule has 0 spiro atoms. The molecule has 2 heterocycles. The molecule has 4 nitrogen and oxygen atoms in total. The fourth-order valence-corrected chi connectivity index (χ4v) is 1.59. The second-order valence-electron chi connectivity index (χ2n) is 2.74. The molecule has 0 bridgehead atoms. The molecule has 0 aromatic carbocycles. The maximum atomic E-state index is 4.17. The number of anilines is 1. The molecular weight excluding hydrogens is 184 g/mol. The first-order valence-electron chi connectivity index (χ1n) is 3.94. The zero-order chi connectivity index (χ0) is 9.10. The summed E-state index contributed by atoms with van der Waals surface area (Å²) in [6.45, 7) is 0.759. The van der Waals surface area contributed by atoms with Crippen LogP contribution in [0.1, 0.15) is 5.69 Å².